The summed E-state index contributed by atoms with van der Waals surface area (Å²) in [6.07, 6.45) is 3.68. The zero-order chi connectivity index (χ0) is 10.1. The van der Waals surface area contributed by atoms with Gasteiger partial charge in [-0.2, -0.15) is 11.8 Å². The number of aromatic nitrogens is 2. The summed E-state index contributed by atoms with van der Waals surface area (Å²) in [5.74, 6) is 4.54. The number of hydrogen-bond donors (Lipinski definition) is 2. The fourth-order valence-electron chi connectivity index (χ4n) is 2.41. The predicted octanol–water partition coefficient (Wildman–Crippen LogP) is 1.67. The average Bonchev–Trinajstić information content (AvgIpc) is 2.74. The van der Waals surface area contributed by atoms with E-state index in [1.165, 1.54) is 41.6 Å². The van der Waals surface area contributed by atoms with Crippen molar-refractivity contribution in [2.75, 3.05) is 18.1 Å². The van der Waals surface area contributed by atoms with Crippen LogP contribution in [-0.2, 0) is 13.0 Å². The van der Waals surface area contributed by atoms with Gasteiger partial charge >= 0.3 is 0 Å². The van der Waals surface area contributed by atoms with E-state index in [2.05, 4.69) is 22.1 Å². The number of rotatable bonds is 1. The van der Waals surface area contributed by atoms with Gasteiger partial charge in [-0.15, -0.1) is 0 Å². The molecular weight excluding hydrogens is 206 g/mol. The lowest BCUT2D eigenvalue weighted by atomic mass is 10.0. The van der Waals surface area contributed by atoms with Crippen molar-refractivity contribution < 1.29 is 0 Å². The zero-order valence-electron chi connectivity index (χ0n) is 8.88. The van der Waals surface area contributed by atoms with Crippen LogP contribution in [0.25, 0.3) is 0 Å². The Morgan fingerprint density at radius 3 is 2.93 bits per heavy atom. The van der Waals surface area contributed by atoms with Crippen molar-refractivity contribution in [3.8, 4) is 0 Å². The molecule has 1 fully saturated rings. The first kappa shape index (κ1) is 9.73. The van der Waals surface area contributed by atoms with Crippen LogP contribution in [0.5, 0.6) is 0 Å². The number of hydrogen-bond acceptors (Lipinski definition) is 3. The van der Waals surface area contributed by atoms with Crippen LogP contribution in [0.15, 0.2) is 0 Å². The summed E-state index contributed by atoms with van der Waals surface area (Å²) in [7, 11) is 0. The quantitative estimate of drug-likeness (QED) is 0.761. The topological polar surface area (TPSA) is 40.7 Å². The van der Waals surface area contributed by atoms with Gasteiger partial charge in [-0.05, 0) is 24.3 Å². The molecule has 3 rings (SSSR count). The van der Waals surface area contributed by atoms with Crippen LogP contribution in [0.3, 0.4) is 0 Å². The van der Waals surface area contributed by atoms with E-state index in [1.807, 2.05) is 0 Å². The molecule has 2 aliphatic rings. The van der Waals surface area contributed by atoms with Gasteiger partial charge < -0.3 is 10.3 Å². The molecule has 3 nitrogen and oxygen atoms in total. The maximum atomic E-state index is 4.77. The van der Waals surface area contributed by atoms with Gasteiger partial charge in [0.1, 0.15) is 5.82 Å². The number of nitrogens with one attached hydrogen (secondary N) is 2. The Balaban J connectivity index is 1.82. The Morgan fingerprint density at radius 2 is 2.13 bits per heavy atom. The van der Waals surface area contributed by atoms with Crippen LogP contribution in [0.4, 0.5) is 0 Å². The molecule has 2 aliphatic heterocycles. The maximum absolute atomic E-state index is 4.77. The molecule has 1 aromatic rings. The number of aromatic amines is 1. The first-order valence-corrected chi connectivity index (χ1v) is 6.95. The Morgan fingerprint density at radius 1 is 1.27 bits per heavy atom. The molecule has 15 heavy (non-hydrogen) atoms. The molecule has 0 radical (unpaired) electrons. The summed E-state index contributed by atoms with van der Waals surface area (Å²) in [5.41, 5.74) is 2.64. The minimum atomic E-state index is 0.692. The van der Waals surface area contributed by atoms with Gasteiger partial charge in [-0.25, -0.2) is 4.98 Å². The van der Waals surface area contributed by atoms with Crippen LogP contribution >= 0.6 is 11.8 Å². The van der Waals surface area contributed by atoms with Crippen LogP contribution < -0.4 is 5.32 Å². The second kappa shape index (κ2) is 4.18. The lowest BCUT2D eigenvalue weighted by molar-refractivity contribution is 0.603. The minimum Gasteiger partial charge on any atom is -0.344 e. The molecule has 1 saturated heterocycles. The van der Waals surface area contributed by atoms with Gasteiger partial charge in [0.15, 0.2) is 0 Å². The lowest BCUT2D eigenvalue weighted by Gasteiger charge is -2.18. The molecule has 0 amide bonds. The summed E-state index contributed by atoms with van der Waals surface area (Å²) in [4.78, 5) is 8.29. The highest BCUT2D eigenvalue weighted by molar-refractivity contribution is 7.99. The van der Waals surface area contributed by atoms with E-state index < -0.39 is 0 Å². The molecule has 2 N–H and O–H groups in total. The molecule has 0 aromatic carbocycles. The van der Waals surface area contributed by atoms with E-state index in [-0.39, 0.29) is 0 Å². The fourth-order valence-corrected chi connectivity index (χ4v) is 3.51. The molecule has 0 aliphatic carbocycles. The van der Waals surface area contributed by atoms with E-state index in [0.29, 0.717) is 5.92 Å². The summed E-state index contributed by atoms with van der Waals surface area (Å²) in [6.45, 7) is 2.06. The molecule has 0 bridgehead atoms. The van der Waals surface area contributed by atoms with E-state index in [0.717, 1.165) is 19.5 Å². The average molecular weight is 223 g/mol. The molecule has 4 heteroatoms. The van der Waals surface area contributed by atoms with E-state index in [9.17, 15) is 0 Å². The Hall–Kier alpha value is -0.480. The standard InChI is InChI=1S/C11H17N3S/c1-4-12-7-10-9(1)13-11(14-10)8-2-5-15-6-3-8/h8,12H,1-7H2,(H,13,14). The molecular formula is C11H17N3S. The van der Waals surface area contributed by atoms with Crippen molar-refractivity contribution in [1.29, 1.82) is 0 Å². The van der Waals surface area contributed by atoms with Gasteiger partial charge in [0.05, 0.1) is 11.4 Å². The van der Waals surface area contributed by atoms with Gasteiger partial charge in [0, 0.05) is 25.4 Å². The van der Waals surface area contributed by atoms with Crippen molar-refractivity contribution in [1.82, 2.24) is 15.3 Å². The number of H-pyrrole nitrogens is 1. The molecule has 0 saturated carbocycles. The summed E-state index contributed by atoms with van der Waals surface area (Å²) in [6, 6.07) is 0. The van der Waals surface area contributed by atoms with E-state index in [1.54, 1.807) is 0 Å². The monoisotopic (exact) mass is 223 g/mol. The first-order chi connectivity index (χ1) is 7.43. The van der Waals surface area contributed by atoms with Crippen molar-refractivity contribution in [2.45, 2.75) is 31.7 Å². The molecule has 3 heterocycles. The number of nitrogens with zero attached hydrogens (tertiary/aromatic N) is 1. The van der Waals surface area contributed by atoms with Gasteiger partial charge in [0.2, 0.25) is 0 Å². The highest BCUT2D eigenvalue weighted by atomic mass is 32.2. The molecule has 0 spiro atoms. The van der Waals surface area contributed by atoms with Crippen molar-refractivity contribution >= 4 is 11.8 Å². The van der Waals surface area contributed by atoms with Gasteiger partial charge in [0.25, 0.3) is 0 Å². The largest absolute Gasteiger partial charge is 0.344 e. The normalized spacial score (nSPS) is 22.7. The van der Waals surface area contributed by atoms with E-state index in [4.69, 9.17) is 4.98 Å². The second-order valence-electron chi connectivity index (χ2n) is 4.36. The zero-order valence-corrected chi connectivity index (χ0v) is 9.70. The maximum Gasteiger partial charge on any atom is 0.109 e. The molecule has 82 valence electrons. The van der Waals surface area contributed by atoms with Crippen molar-refractivity contribution in [2.24, 2.45) is 0 Å². The van der Waals surface area contributed by atoms with Crippen LogP contribution in [-0.4, -0.2) is 28.0 Å². The smallest absolute Gasteiger partial charge is 0.109 e. The van der Waals surface area contributed by atoms with E-state index >= 15 is 0 Å². The predicted molar refractivity (Wildman–Crippen MR) is 63.3 cm³/mol. The van der Waals surface area contributed by atoms with Crippen LogP contribution in [0.2, 0.25) is 0 Å². The Labute approximate surface area is 94.4 Å². The molecule has 0 atom stereocenters. The summed E-state index contributed by atoms with van der Waals surface area (Å²) < 4.78 is 0. The Kier molecular flexibility index (Phi) is 2.71. The third kappa shape index (κ3) is 1.93. The number of imidazole rings is 1. The lowest BCUT2D eigenvalue weighted by Crippen LogP contribution is -2.23. The SMILES string of the molecule is C1Cc2nc(C3CCSCC3)[nH]c2CN1. The third-order valence-electron chi connectivity index (χ3n) is 3.33. The fraction of sp³-hybridized carbons (Fsp3) is 0.727. The summed E-state index contributed by atoms with van der Waals surface area (Å²) in [5, 5.41) is 3.38. The number of fused-ring (bicyclic) bond motifs is 1. The molecule has 0 unspecified atom stereocenters. The van der Waals surface area contributed by atoms with Crippen LogP contribution in [0.1, 0.15) is 36.0 Å². The minimum absolute atomic E-state index is 0.692. The van der Waals surface area contributed by atoms with Crippen LogP contribution in [0, 0.1) is 0 Å². The van der Waals surface area contributed by atoms with Crippen molar-refractivity contribution in [3.05, 3.63) is 17.2 Å². The third-order valence-corrected chi connectivity index (χ3v) is 4.38. The van der Waals surface area contributed by atoms with Gasteiger partial charge in [-0.3, -0.25) is 0 Å². The highest BCUT2D eigenvalue weighted by Gasteiger charge is 2.21. The van der Waals surface area contributed by atoms with Crippen molar-refractivity contribution in [3.63, 3.8) is 0 Å². The first-order valence-electron chi connectivity index (χ1n) is 5.79. The van der Waals surface area contributed by atoms with Gasteiger partial charge in [-0.1, -0.05) is 0 Å². The second-order valence-corrected chi connectivity index (χ2v) is 5.59. The Bertz CT molecular complexity index is 318. The highest BCUT2D eigenvalue weighted by Crippen LogP contribution is 2.30. The molecule has 1 aromatic heterocycles. The number of thioether (sulfide) groups is 1. The summed E-state index contributed by atoms with van der Waals surface area (Å²) >= 11 is 2.07.